The second kappa shape index (κ2) is 3.48. The maximum atomic E-state index is 10.8. The van der Waals surface area contributed by atoms with Gasteiger partial charge in [-0.2, -0.15) is 0 Å². The van der Waals surface area contributed by atoms with Crippen LogP contribution < -0.4 is 5.32 Å². The topological polar surface area (TPSA) is 42.0 Å². The molecule has 60 valence electrons. The van der Waals surface area contributed by atoms with E-state index in [1.165, 1.54) is 0 Å². The van der Waals surface area contributed by atoms with Gasteiger partial charge in [-0.25, -0.2) is 4.98 Å². The van der Waals surface area contributed by atoms with Gasteiger partial charge < -0.3 is 5.32 Å². The van der Waals surface area contributed by atoms with E-state index in [4.69, 9.17) is 0 Å². The molecule has 0 bridgehead atoms. The number of aryl methyl sites for hydroxylation is 1. The van der Waals surface area contributed by atoms with Crippen molar-refractivity contribution >= 4 is 17.2 Å². The van der Waals surface area contributed by atoms with E-state index in [0.717, 1.165) is 10.7 Å². The van der Waals surface area contributed by atoms with Gasteiger partial charge in [-0.05, 0) is 6.92 Å². The van der Waals surface area contributed by atoms with Crippen LogP contribution in [0.5, 0.6) is 0 Å². The number of rotatable bonds is 2. The smallest absolute Gasteiger partial charge is 0.225 e. The minimum atomic E-state index is 0.00954. The summed E-state index contributed by atoms with van der Waals surface area (Å²) in [4.78, 5) is 15.0. The van der Waals surface area contributed by atoms with Crippen molar-refractivity contribution in [3.05, 3.63) is 16.1 Å². The normalized spacial score (nSPS) is 9.64. The van der Waals surface area contributed by atoms with Crippen LogP contribution in [0.3, 0.4) is 0 Å². The van der Waals surface area contributed by atoms with Gasteiger partial charge in [0.2, 0.25) is 5.91 Å². The quantitative estimate of drug-likeness (QED) is 0.711. The lowest BCUT2D eigenvalue weighted by molar-refractivity contribution is -0.120. The van der Waals surface area contributed by atoms with E-state index in [-0.39, 0.29) is 5.91 Å². The third-order valence-electron chi connectivity index (χ3n) is 1.29. The van der Waals surface area contributed by atoms with Crippen LogP contribution in [0.4, 0.5) is 0 Å². The monoisotopic (exact) mass is 170 g/mol. The Labute approximate surface area is 69.5 Å². The summed E-state index contributed by atoms with van der Waals surface area (Å²) in [5.41, 5.74) is 0.854. The van der Waals surface area contributed by atoms with Crippen molar-refractivity contribution in [3.8, 4) is 0 Å². The number of thiazole rings is 1. The van der Waals surface area contributed by atoms with Crippen LogP contribution in [0.2, 0.25) is 0 Å². The van der Waals surface area contributed by atoms with Gasteiger partial charge >= 0.3 is 0 Å². The predicted molar refractivity (Wildman–Crippen MR) is 44.6 cm³/mol. The first-order chi connectivity index (χ1) is 5.22. The molecule has 0 saturated carbocycles. The molecule has 0 aliphatic carbocycles. The highest BCUT2D eigenvalue weighted by Gasteiger charge is 2.02. The van der Waals surface area contributed by atoms with Gasteiger partial charge in [0.05, 0.1) is 17.1 Å². The Morgan fingerprint density at radius 2 is 2.55 bits per heavy atom. The van der Waals surface area contributed by atoms with Gasteiger partial charge in [-0.3, -0.25) is 4.79 Å². The molecule has 0 fully saturated rings. The van der Waals surface area contributed by atoms with Gasteiger partial charge in [0.15, 0.2) is 0 Å². The number of nitrogens with one attached hydrogen (secondary N) is 1. The Balaban J connectivity index is 2.57. The van der Waals surface area contributed by atoms with E-state index in [1.54, 1.807) is 18.4 Å². The fraction of sp³-hybridized carbons (Fsp3) is 0.429. The summed E-state index contributed by atoms with van der Waals surface area (Å²) < 4.78 is 0. The maximum absolute atomic E-state index is 10.8. The zero-order valence-corrected chi connectivity index (χ0v) is 7.36. The molecule has 0 aliphatic rings. The Hall–Kier alpha value is -0.900. The molecule has 0 spiro atoms. The summed E-state index contributed by atoms with van der Waals surface area (Å²) in [5, 5.41) is 5.46. The first-order valence-corrected chi connectivity index (χ1v) is 4.22. The Kier molecular flexibility index (Phi) is 2.59. The van der Waals surface area contributed by atoms with Gasteiger partial charge in [-0.15, -0.1) is 11.3 Å². The highest BCUT2D eigenvalue weighted by molar-refractivity contribution is 7.09. The fourth-order valence-corrected chi connectivity index (χ4v) is 1.35. The summed E-state index contributed by atoms with van der Waals surface area (Å²) in [6, 6.07) is 0. The molecule has 0 unspecified atom stereocenters. The molecule has 0 aliphatic heterocycles. The Morgan fingerprint density at radius 1 is 1.82 bits per heavy atom. The lowest BCUT2D eigenvalue weighted by Gasteiger charge is -1.93. The molecular weight excluding hydrogens is 160 g/mol. The number of nitrogens with zero attached hydrogens (tertiary/aromatic N) is 1. The van der Waals surface area contributed by atoms with Crippen molar-refractivity contribution in [3.63, 3.8) is 0 Å². The second-order valence-corrected chi connectivity index (χ2v) is 3.27. The highest BCUT2D eigenvalue weighted by atomic mass is 32.1. The largest absolute Gasteiger partial charge is 0.359 e. The molecule has 1 N–H and O–H groups in total. The van der Waals surface area contributed by atoms with Crippen molar-refractivity contribution in [2.24, 2.45) is 0 Å². The molecule has 3 nitrogen and oxygen atoms in total. The number of likely N-dealkylation sites (N-methyl/N-ethyl adjacent to an activating group) is 1. The number of hydrogen-bond acceptors (Lipinski definition) is 3. The number of hydrogen-bond donors (Lipinski definition) is 1. The molecule has 1 heterocycles. The maximum Gasteiger partial charge on any atom is 0.225 e. The SMILES string of the molecule is CNC(=O)Cc1csc(C)n1. The summed E-state index contributed by atoms with van der Waals surface area (Å²) in [6.45, 7) is 1.93. The molecule has 1 aromatic rings. The lowest BCUT2D eigenvalue weighted by Crippen LogP contribution is -2.19. The zero-order chi connectivity index (χ0) is 8.27. The summed E-state index contributed by atoms with van der Waals surface area (Å²) in [7, 11) is 1.63. The molecule has 0 atom stereocenters. The van der Waals surface area contributed by atoms with Gasteiger partial charge in [0.1, 0.15) is 0 Å². The number of amides is 1. The Bertz CT molecular complexity index is 257. The number of carbonyl (C=O) groups excluding carboxylic acids is 1. The molecule has 1 amide bonds. The molecule has 4 heteroatoms. The van der Waals surface area contributed by atoms with Crippen LogP contribution in [0.15, 0.2) is 5.38 Å². The van der Waals surface area contributed by atoms with Gasteiger partial charge in [-0.1, -0.05) is 0 Å². The van der Waals surface area contributed by atoms with Gasteiger partial charge in [0, 0.05) is 12.4 Å². The van der Waals surface area contributed by atoms with Crippen molar-refractivity contribution in [2.75, 3.05) is 7.05 Å². The van der Waals surface area contributed by atoms with Crippen LogP contribution in [0.25, 0.3) is 0 Å². The summed E-state index contributed by atoms with van der Waals surface area (Å²) >= 11 is 1.57. The van der Waals surface area contributed by atoms with Crippen LogP contribution in [0.1, 0.15) is 10.7 Å². The van der Waals surface area contributed by atoms with E-state index in [9.17, 15) is 4.79 Å². The van der Waals surface area contributed by atoms with E-state index >= 15 is 0 Å². The second-order valence-electron chi connectivity index (χ2n) is 2.21. The Morgan fingerprint density at radius 3 is 3.00 bits per heavy atom. The first kappa shape index (κ1) is 8.20. The van der Waals surface area contributed by atoms with E-state index in [2.05, 4.69) is 10.3 Å². The zero-order valence-electron chi connectivity index (χ0n) is 6.55. The standard InChI is InChI=1S/C7H10N2OS/c1-5-9-6(4-11-5)3-7(10)8-2/h4H,3H2,1-2H3,(H,8,10). The number of carbonyl (C=O) groups is 1. The molecular formula is C7H10N2OS. The third kappa shape index (κ3) is 2.31. The molecule has 0 saturated heterocycles. The van der Waals surface area contributed by atoms with Crippen LogP contribution in [-0.4, -0.2) is 17.9 Å². The van der Waals surface area contributed by atoms with E-state index in [1.807, 2.05) is 12.3 Å². The number of aromatic nitrogens is 1. The van der Waals surface area contributed by atoms with E-state index < -0.39 is 0 Å². The predicted octanol–water partition coefficient (Wildman–Crippen LogP) is 0.740. The lowest BCUT2D eigenvalue weighted by atomic mass is 10.3. The summed E-state index contributed by atoms with van der Waals surface area (Å²) in [6.07, 6.45) is 0.390. The molecule has 11 heavy (non-hydrogen) atoms. The minimum Gasteiger partial charge on any atom is -0.359 e. The average Bonchev–Trinajstić information content (AvgIpc) is 2.35. The fourth-order valence-electron chi connectivity index (χ4n) is 0.742. The van der Waals surface area contributed by atoms with Crippen LogP contribution in [-0.2, 0) is 11.2 Å². The first-order valence-electron chi connectivity index (χ1n) is 3.34. The van der Waals surface area contributed by atoms with Gasteiger partial charge in [0.25, 0.3) is 0 Å². The van der Waals surface area contributed by atoms with Crippen molar-refractivity contribution in [2.45, 2.75) is 13.3 Å². The minimum absolute atomic E-state index is 0.00954. The van der Waals surface area contributed by atoms with Crippen molar-refractivity contribution in [1.82, 2.24) is 10.3 Å². The van der Waals surface area contributed by atoms with Crippen molar-refractivity contribution in [1.29, 1.82) is 0 Å². The van der Waals surface area contributed by atoms with Crippen LogP contribution >= 0.6 is 11.3 Å². The average molecular weight is 170 g/mol. The summed E-state index contributed by atoms with van der Waals surface area (Å²) in [5.74, 6) is 0.00954. The molecule has 1 rings (SSSR count). The van der Waals surface area contributed by atoms with Crippen molar-refractivity contribution < 1.29 is 4.79 Å². The van der Waals surface area contributed by atoms with Crippen LogP contribution in [0, 0.1) is 6.92 Å². The van der Waals surface area contributed by atoms with E-state index in [0.29, 0.717) is 6.42 Å². The molecule has 1 aromatic heterocycles. The third-order valence-corrected chi connectivity index (χ3v) is 2.11. The molecule has 0 radical (unpaired) electrons. The highest BCUT2D eigenvalue weighted by Crippen LogP contribution is 2.07. The molecule has 0 aromatic carbocycles.